The number of nitrogens with zero attached hydrogens (tertiary/aromatic N) is 1. The van der Waals surface area contributed by atoms with E-state index in [1.165, 1.54) is 12.1 Å². The fourth-order valence-corrected chi connectivity index (χ4v) is 1.58. The first-order valence-corrected chi connectivity index (χ1v) is 4.88. The molecule has 0 bridgehead atoms. The Morgan fingerprint density at radius 2 is 2.07 bits per heavy atom. The molecule has 0 unspecified atom stereocenters. The molecule has 14 heavy (non-hydrogen) atoms. The minimum atomic E-state index is -0.242. The highest BCUT2D eigenvalue weighted by molar-refractivity contribution is 5.67. The van der Waals surface area contributed by atoms with Crippen molar-refractivity contribution in [1.29, 1.82) is 0 Å². The maximum atomic E-state index is 13.0. The van der Waals surface area contributed by atoms with E-state index in [-0.39, 0.29) is 5.82 Å². The van der Waals surface area contributed by atoms with Crippen LogP contribution in [-0.2, 0) is 0 Å². The van der Waals surface area contributed by atoms with Crippen LogP contribution in [0.25, 0.3) is 0 Å². The van der Waals surface area contributed by atoms with Crippen molar-refractivity contribution in [2.24, 2.45) is 0 Å². The van der Waals surface area contributed by atoms with Gasteiger partial charge in [0.1, 0.15) is 5.82 Å². The summed E-state index contributed by atoms with van der Waals surface area (Å²) in [6.45, 7) is 6.98. The lowest BCUT2D eigenvalue weighted by Crippen LogP contribution is -2.31. The van der Waals surface area contributed by atoms with Crippen LogP contribution >= 0.6 is 0 Å². The topological polar surface area (TPSA) is 29.3 Å². The first-order chi connectivity index (χ1) is 6.56. The van der Waals surface area contributed by atoms with Crippen molar-refractivity contribution in [2.75, 3.05) is 17.2 Å². The van der Waals surface area contributed by atoms with Gasteiger partial charge in [-0.25, -0.2) is 4.39 Å². The zero-order valence-electron chi connectivity index (χ0n) is 8.92. The van der Waals surface area contributed by atoms with Gasteiger partial charge >= 0.3 is 0 Å². The molecule has 0 aliphatic heterocycles. The van der Waals surface area contributed by atoms with E-state index in [0.717, 1.165) is 12.2 Å². The standard InChI is InChI=1S/C11H17FN2/c1-4-14(8(2)3)11-7-9(12)5-6-10(11)13/h5-8H,4,13H2,1-3H3. The van der Waals surface area contributed by atoms with Gasteiger partial charge in [0.15, 0.2) is 0 Å². The highest BCUT2D eigenvalue weighted by Gasteiger charge is 2.11. The Bertz CT molecular complexity index is 310. The fraction of sp³-hybridized carbons (Fsp3) is 0.455. The SMILES string of the molecule is CCN(c1cc(F)ccc1N)C(C)C. The average molecular weight is 196 g/mol. The molecule has 3 heteroatoms. The number of nitrogens with two attached hydrogens (primary N) is 1. The summed E-state index contributed by atoms with van der Waals surface area (Å²) < 4.78 is 13.0. The molecule has 0 saturated carbocycles. The highest BCUT2D eigenvalue weighted by atomic mass is 19.1. The van der Waals surface area contributed by atoms with Crippen molar-refractivity contribution in [3.05, 3.63) is 24.0 Å². The van der Waals surface area contributed by atoms with Crippen LogP contribution in [0.2, 0.25) is 0 Å². The maximum absolute atomic E-state index is 13.0. The molecule has 0 heterocycles. The van der Waals surface area contributed by atoms with Gasteiger partial charge in [0.05, 0.1) is 11.4 Å². The Hall–Kier alpha value is -1.25. The summed E-state index contributed by atoms with van der Waals surface area (Å²) in [6.07, 6.45) is 0. The third-order valence-corrected chi connectivity index (χ3v) is 2.27. The molecule has 0 amide bonds. The maximum Gasteiger partial charge on any atom is 0.125 e. The second kappa shape index (κ2) is 4.31. The molecule has 0 aliphatic rings. The zero-order valence-corrected chi connectivity index (χ0v) is 8.92. The first-order valence-electron chi connectivity index (χ1n) is 4.88. The Labute approximate surface area is 84.5 Å². The predicted molar refractivity (Wildman–Crippen MR) is 59.0 cm³/mol. The van der Waals surface area contributed by atoms with Crippen LogP contribution in [0.15, 0.2) is 18.2 Å². The lowest BCUT2D eigenvalue weighted by Gasteiger charge is -2.28. The molecular weight excluding hydrogens is 179 g/mol. The molecule has 0 aliphatic carbocycles. The minimum absolute atomic E-state index is 0.242. The molecule has 2 nitrogen and oxygen atoms in total. The van der Waals surface area contributed by atoms with Gasteiger partial charge in [0.25, 0.3) is 0 Å². The van der Waals surface area contributed by atoms with Crippen molar-refractivity contribution in [2.45, 2.75) is 26.8 Å². The monoisotopic (exact) mass is 196 g/mol. The van der Waals surface area contributed by atoms with Crippen LogP contribution in [0.4, 0.5) is 15.8 Å². The molecule has 0 spiro atoms. The largest absolute Gasteiger partial charge is 0.397 e. The quantitative estimate of drug-likeness (QED) is 0.753. The zero-order chi connectivity index (χ0) is 10.7. The van der Waals surface area contributed by atoms with Crippen LogP contribution in [0, 0.1) is 5.82 Å². The second-order valence-electron chi connectivity index (χ2n) is 3.58. The summed E-state index contributed by atoms with van der Waals surface area (Å²) in [4.78, 5) is 2.07. The summed E-state index contributed by atoms with van der Waals surface area (Å²) in [5.74, 6) is -0.242. The van der Waals surface area contributed by atoms with Crippen molar-refractivity contribution in [1.82, 2.24) is 0 Å². The first kappa shape index (κ1) is 10.8. The normalized spacial score (nSPS) is 10.6. The van der Waals surface area contributed by atoms with E-state index in [0.29, 0.717) is 11.7 Å². The van der Waals surface area contributed by atoms with Crippen molar-refractivity contribution in [3.8, 4) is 0 Å². The van der Waals surface area contributed by atoms with Crippen molar-refractivity contribution >= 4 is 11.4 Å². The van der Waals surface area contributed by atoms with E-state index >= 15 is 0 Å². The van der Waals surface area contributed by atoms with Crippen molar-refractivity contribution < 1.29 is 4.39 Å². The van der Waals surface area contributed by atoms with Gasteiger partial charge in [-0.2, -0.15) is 0 Å². The van der Waals surface area contributed by atoms with Gasteiger partial charge in [-0.1, -0.05) is 0 Å². The summed E-state index contributed by atoms with van der Waals surface area (Å²) in [7, 11) is 0. The van der Waals surface area contributed by atoms with Crippen LogP contribution in [0.3, 0.4) is 0 Å². The van der Waals surface area contributed by atoms with E-state index in [9.17, 15) is 4.39 Å². The molecule has 0 radical (unpaired) electrons. The van der Waals surface area contributed by atoms with E-state index < -0.39 is 0 Å². The third-order valence-electron chi connectivity index (χ3n) is 2.27. The number of anilines is 2. The molecule has 2 N–H and O–H groups in total. The molecule has 0 fully saturated rings. The lowest BCUT2D eigenvalue weighted by atomic mass is 10.2. The predicted octanol–water partition coefficient (Wildman–Crippen LogP) is 2.64. The Balaban J connectivity index is 3.08. The lowest BCUT2D eigenvalue weighted by molar-refractivity contribution is 0.624. The number of nitrogen functional groups attached to an aromatic ring is 1. The van der Waals surface area contributed by atoms with Crippen LogP contribution in [-0.4, -0.2) is 12.6 Å². The Morgan fingerprint density at radius 3 is 2.57 bits per heavy atom. The smallest absolute Gasteiger partial charge is 0.125 e. The van der Waals surface area contributed by atoms with Crippen LogP contribution in [0.5, 0.6) is 0 Å². The Kier molecular flexibility index (Phi) is 3.33. The van der Waals surface area contributed by atoms with E-state index in [1.807, 2.05) is 6.92 Å². The third kappa shape index (κ3) is 2.16. The van der Waals surface area contributed by atoms with E-state index in [1.54, 1.807) is 6.07 Å². The van der Waals surface area contributed by atoms with E-state index in [2.05, 4.69) is 18.7 Å². The van der Waals surface area contributed by atoms with Gasteiger partial charge < -0.3 is 10.6 Å². The van der Waals surface area contributed by atoms with Gasteiger partial charge in [-0.05, 0) is 39.0 Å². The number of halogens is 1. The van der Waals surface area contributed by atoms with Gasteiger partial charge in [-0.15, -0.1) is 0 Å². The van der Waals surface area contributed by atoms with Gasteiger partial charge in [0, 0.05) is 12.6 Å². The summed E-state index contributed by atoms with van der Waals surface area (Å²) in [6, 6.07) is 4.80. The molecular formula is C11H17FN2. The van der Waals surface area contributed by atoms with Crippen molar-refractivity contribution in [3.63, 3.8) is 0 Å². The second-order valence-corrected chi connectivity index (χ2v) is 3.58. The van der Waals surface area contributed by atoms with E-state index in [4.69, 9.17) is 5.73 Å². The molecule has 78 valence electrons. The number of rotatable bonds is 3. The molecule has 0 saturated heterocycles. The summed E-state index contributed by atoms with van der Waals surface area (Å²) in [5, 5.41) is 0. The number of hydrogen-bond donors (Lipinski definition) is 1. The molecule has 1 rings (SSSR count). The van der Waals surface area contributed by atoms with Crippen LogP contribution < -0.4 is 10.6 Å². The summed E-state index contributed by atoms with van der Waals surface area (Å²) in [5.41, 5.74) is 7.20. The fourth-order valence-electron chi connectivity index (χ4n) is 1.58. The summed E-state index contributed by atoms with van der Waals surface area (Å²) >= 11 is 0. The number of benzene rings is 1. The molecule has 1 aromatic carbocycles. The van der Waals surface area contributed by atoms with Gasteiger partial charge in [0.2, 0.25) is 0 Å². The number of hydrogen-bond acceptors (Lipinski definition) is 2. The average Bonchev–Trinajstić information content (AvgIpc) is 2.11. The minimum Gasteiger partial charge on any atom is -0.397 e. The molecule has 0 aromatic heterocycles. The van der Waals surface area contributed by atoms with Gasteiger partial charge in [-0.3, -0.25) is 0 Å². The molecule has 0 atom stereocenters. The Morgan fingerprint density at radius 1 is 1.43 bits per heavy atom. The van der Waals surface area contributed by atoms with Crippen LogP contribution in [0.1, 0.15) is 20.8 Å². The highest BCUT2D eigenvalue weighted by Crippen LogP contribution is 2.25. The molecule has 1 aromatic rings.